The Balaban J connectivity index is 2.00. The van der Waals surface area contributed by atoms with Crippen molar-refractivity contribution in [3.63, 3.8) is 0 Å². The summed E-state index contributed by atoms with van der Waals surface area (Å²) in [6.07, 6.45) is 4.89. The van der Waals surface area contributed by atoms with Gasteiger partial charge in [0.15, 0.2) is 0 Å². The Morgan fingerprint density at radius 3 is 2.84 bits per heavy atom. The quantitative estimate of drug-likeness (QED) is 0.848. The third-order valence-electron chi connectivity index (χ3n) is 3.74. The Morgan fingerprint density at radius 1 is 1.42 bits per heavy atom. The molecule has 4 nitrogen and oxygen atoms in total. The summed E-state index contributed by atoms with van der Waals surface area (Å²) in [5.74, 6) is 0.616. The van der Waals surface area contributed by atoms with Gasteiger partial charge in [-0.1, -0.05) is 6.07 Å². The van der Waals surface area contributed by atoms with Crippen LogP contribution in [0.2, 0.25) is 0 Å². The lowest BCUT2D eigenvalue weighted by atomic mass is 9.93. The Bertz CT molecular complexity index is 511. The van der Waals surface area contributed by atoms with E-state index in [1.807, 2.05) is 19.2 Å². The molecule has 2 heterocycles. The number of aryl methyl sites for hydroxylation is 1. The van der Waals surface area contributed by atoms with E-state index in [0.29, 0.717) is 19.0 Å². The van der Waals surface area contributed by atoms with Gasteiger partial charge in [0.05, 0.1) is 5.75 Å². The molecule has 0 aliphatic carbocycles. The number of hydrogen-bond donors (Lipinski definition) is 0. The van der Waals surface area contributed by atoms with Gasteiger partial charge in [-0.25, -0.2) is 12.7 Å². The summed E-state index contributed by atoms with van der Waals surface area (Å²) in [6, 6.07) is 4.11. The van der Waals surface area contributed by atoms with Crippen LogP contribution in [0.3, 0.4) is 0 Å². The molecule has 1 aliphatic heterocycles. The van der Waals surface area contributed by atoms with Gasteiger partial charge in [0.2, 0.25) is 10.0 Å². The molecule has 1 aromatic rings. The van der Waals surface area contributed by atoms with Crippen molar-refractivity contribution < 1.29 is 8.42 Å². The van der Waals surface area contributed by atoms with Crippen LogP contribution < -0.4 is 0 Å². The van der Waals surface area contributed by atoms with Crippen LogP contribution in [0.25, 0.3) is 0 Å². The van der Waals surface area contributed by atoms with Gasteiger partial charge in [0.25, 0.3) is 0 Å². The smallest absolute Gasteiger partial charge is 0.213 e. The lowest BCUT2D eigenvalue weighted by Crippen LogP contribution is -2.41. The number of aromatic nitrogens is 1. The maximum atomic E-state index is 11.9. The molecular formula is C14H22N2O2S. The summed E-state index contributed by atoms with van der Waals surface area (Å²) in [7, 11) is -3.04. The van der Waals surface area contributed by atoms with E-state index in [2.05, 4.69) is 11.1 Å². The van der Waals surface area contributed by atoms with E-state index >= 15 is 0 Å². The SMILES string of the molecule is CCS(=O)(=O)N1CCC[C@@H](Cc2ccc(C)nc2)C1. The Hall–Kier alpha value is -0.940. The number of nitrogens with zero attached hydrogens (tertiary/aromatic N) is 2. The molecule has 0 spiro atoms. The normalized spacial score (nSPS) is 21.5. The average Bonchev–Trinajstić information content (AvgIpc) is 2.42. The highest BCUT2D eigenvalue weighted by atomic mass is 32.2. The molecule has 1 saturated heterocycles. The fourth-order valence-corrected chi connectivity index (χ4v) is 3.79. The van der Waals surface area contributed by atoms with E-state index in [9.17, 15) is 8.42 Å². The van der Waals surface area contributed by atoms with Crippen LogP contribution in [0.15, 0.2) is 18.3 Å². The van der Waals surface area contributed by atoms with Crippen LogP contribution in [0.1, 0.15) is 31.0 Å². The summed E-state index contributed by atoms with van der Waals surface area (Å²) in [4.78, 5) is 4.30. The monoisotopic (exact) mass is 282 g/mol. The third kappa shape index (κ3) is 3.76. The van der Waals surface area contributed by atoms with Crippen molar-refractivity contribution in [1.29, 1.82) is 0 Å². The standard InChI is InChI=1S/C14H22N2O2S/c1-3-19(17,18)16-8-4-5-14(11-16)9-13-7-6-12(2)15-10-13/h6-7,10,14H,3-5,8-9,11H2,1-2H3/t14-/m0/s1. The zero-order valence-electron chi connectivity index (χ0n) is 11.7. The summed E-state index contributed by atoms with van der Waals surface area (Å²) in [5, 5.41) is 0. The van der Waals surface area contributed by atoms with Crippen molar-refractivity contribution >= 4 is 10.0 Å². The average molecular weight is 282 g/mol. The molecule has 0 bridgehead atoms. The first-order valence-corrected chi connectivity index (χ1v) is 8.51. The molecule has 1 aromatic heterocycles. The van der Waals surface area contributed by atoms with E-state index in [1.165, 1.54) is 5.56 Å². The topological polar surface area (TPSA) is 50.3 Å². The Labute approximate surface area is 115 Å². The van der Waals surface area contributed by atoms with Gasteiger partial charge in [-0.05, 0) is 50.7 Å². The molecule has 0 amide bonds. The number of hydrogen-bond acceptors (Lipinski definition) is 3. The van der Waals surface area contributed by atoms with Crippen LogP contribution in [0.4, 0.5) is 0 Å². The predicted octanol–water partition coefficient (Wildman–Crippen LogP) is 1.99. The van der Waals surface area contributed by atoms with E-state index in [4.69, 9.17) is 0 Å². The highest BCUT2D eigenvalue weighted by Gasteiger charge is 2.27. The molecule has 1 atom stereocenters. The zero-order valence-corrected chi connectivity index (χ0v) is 12.5. The lowest BCUT2D eigenvalue weighted by Gasteiger charge is -2.31. The van der Waals surface area contributed by atoms with Gasteiger partial charge in [0, 0.05) is 25.0 Å². The maximum absolute atomic E-state index is 11.9. The van der Waals surface area contributed by atoms with Crippen LogP contribution in [0.5, 0.6) is 0 Å². The number of rotatable bonds is 4. The molecule has 1 aliphatic rings. The third-order valence-corrected chi connectivity index (χ3v) is 5.58. The number of sulfonamides is 1. The minimum atomic E-state index is -3.04. The van der Waals surface area contributed by atoms with Gasteiger partial charge < -0.3 is 0 Å². The molecule has 1 fully saturated rings. The number of pyridine rings is 1. The molecule has 5 heteroatoms. The molecule has 0 radical (unpaired) electrons. The van der Waals surface area contributed by atoms with Crippen LogP contribution in [-0.4, -0.2) is 36.5 Å². The number of piperidine rings is 1. The van der Waals surface area contributed by atoms with Crippen molar-refractivity contribution in [3.8, 4) is 0 Å². The van der Waals surface area contributed by atoms with Crippen molar-refractivity contribution in [3.05, 3.63) is 29.6 Å². The minimum absolute atomic E-state index is 0.200. The van der Waals surface area contributed by atoms with E-state index in [-0.39, 0.29) is 5.75 Å². The largest absolute Gasteiger partial charge is 0.261 e. The summed E-state index contributed by atoms with van der Waals surface area (Å²) in [5.41, 5.74) is 2.22. The van der Waals surface area contributed by atoms with Crippen LogP contribution in [0, 0.1) is 12.8 Å². The summed E-state index contributed by atoms with van der Waals surface area (Å²) >= 11 is 0. The first-order chi connectivity index (χ1) is 9.01. The first-order valence-electron chi connectivity index (χ1n) is 6.90. The minimum Gasteiger partial charge on any atom is -0.261 e. The van der Waals surface area contributed by atoms with Gasteiger partial charge in [-0.2, -0.15) is 0 Å². The van der Waals surface area contributed by atoms with Gasteiger partial charge >= 0.3 is 0 Å². The van der Waals surface area contributed by atoms with Crippen molar-refractivity contribution in [2.45, 2.75) is 33.1 Å². The second kappa shape index (κ2) is 6.01. The molecule has 0 N–H and O–H groups in total. The second-order valence-electron chi connectivity index (χ2n) is 5.28. The molecule has 0 aromatic carbocycles. The van der Waals surface area contributed by atoms with Crippen LogP contribution >= 0.6 is 0 Å². The highest BCUT2D eigenvalue weighted by Crippen LogP contribution is 2.22. The van der Waals surface area contributed by atoms with E-state index in [0.717, 1.165) is 25.0 Å². The van der Waals surface area contributed by atoms with E-state index in [1.54, 1.807) is 11.2 Å². The molecule has 0 saturated carbocycles. The summed E-state index contributed by atoms with van der Waals surface area (Å²) < 4.78 is 25.5. The van der Waals surface area contributed by atoms with Crippen molar-refractivity contribution in [2.24, 2.45) is 5.92 Å². The first kappa shape index (κ1) is 14.5. The van der Waals surface area contributed by atoms with Crippen LogP contribution in [-0.2, 0) is 16.4 Å². The highest BCUT2D eigenvalue weighted by molar-refractivity contribution is 7.89. The van der Waals surface area contributed by atoms with Gasteiger partial charge in [0.1, 0.15) is 0 Å². The van der Waals surface area contributed by atoms with Gasteiger partial charge in [-0.15, -0.1) is 0 Å². The Morgan fingerprint density at radius 2 is 2.21 bits per heavy atom. The molecule has 2 rings (SSSR count). The Kier molecular flexibility index (Phi) is 4.58. The molecule has 106 valence electrons. The maximum Gasteiger partial charge on any atom is 0.213 e. The fourth-order valence-electron chi connectivity index (χ4n) is 2.58. The van der Waals surface area contributed by atoms with Gasteiger partial charge in [-0.3, -0.25) is 4.98 Å². The van der Waals surface area contributed by atoms with Crippen molar-refractivity contribution in [1.82, 2.24) is 9.29 Å². The summed E-state index contributed by atoms with van der Waals surface area (Å²) in [6.45, 7) is 5.02. The second-order valence-corrected chi connectivity index (χ2v) is 7.54. The lowest BCUT2D eigenvalue weighted by molar-refractivity contribution is 0.265. The predicted molar refractivity (Wildman–Crippen MR) is 76.4 cm³/mol. The molecule has 19 heavy (non-hydrogen) atoms. The molecular weight excluding hydrogens is 260 g/mol. The fraction of sp³-hybridized carbons (Fsp3) is 0.643. The zero-order chi connectivity index (χ0) is 13.9. The van der Waals surface area contributed by atoms with Crippen molar-refractivity contribution in [2.75, 3.05) is 18.8 Å². The molecule has 0 unspecified atom stereocenters. The van der Waals surface area contributed by atoms with E-state index < -0.39 is 10.0 Å².